The molecular weight excluding hydrogens is 364 g/mol. The van der Waals surface area contributed by atoms with E-state index >= 15 is 0 Å². The van der Waals surface area contributed by atoms with Gasteiger partial charge >= 0.3 is 0 Å². The summed E-state index contributed by atoms with van der Waals surface area (Å²) >= 11 is 5.14. The van der Waals surface area contributed by atoms with Crippen LogP contribution in [0.5, 0.6) is 0 Å². The number of carbonyl (C=O) groups is 2. The summed E-state index contributed by atoms with van der Waals surface area (Å²) < 4.78 is 28.5. The van der Waals surface area contributed by atoms with Gasteiger partial charge in [-0.3, -0.25) is 14.7 Å². The van der Waals surface area contributed by atoms with E-state index in [1.54, 1.807) is 0 Å². The van der Waals surface area contributed by atoms with Gasteiger partial charge in [-0.2, -0.15) is 5.10 Å². The van der Waals surface area contributed by atoms with E-state index in [4.69, 9.17) is 12.2 Å². The molecule has 0 aliphatic carbocycles. The van der Waals surface area contributed by atoms with Gasteiger partial charge in [-0.15, -0.1) is 0 Å². The van der Waals surface area contributed by atoms with Crippen molar-refractivity contribution < 1.29 is 18.4 Å². The number of hydrogen-bond donors (Lipinski definition) is 3. The number of nitrogens with one attached hydrogen (secondary N) is 3. The van der Waals surface area contributed by atoms with Gasteiger partial charge in [0.15, 0.2) is 4.77 Å². The van der Waals surface area contributed by atoms with E-state index in [0.717, 1.165) is 12.1 Å². The average Bonchev–Trinajstić information content (AvgIpc) is 2.92. The highest BCUT2D eigenvalue weighted by Gasteiger charge is 2.12. The SMILES string of the molecule is CC(C)n1c(CCNC(=O)CNC(=O)c2cc(F)cc(F)c2)n[nH]c1=S. The zero-order valence-electron chi connectivity index (χ0n) is 14.3. The van der Waals surface area contributed by atoms with Crippen molar-refractivity contribution in [1.82, 2.24) is 25.4 Å². The Balaban J connectivity index is 1.81. The number of aromatic amines is 1. The quantitative estimate of drug-likeness (QED) is 0.637. The van der Waals surface area contributed by atoms with Crippen molar-refractivity contribution >= 4 is 24.0 Å². The number of benzene rings is 1. The lowest BCUT2D eigenvalue weighted by atomic mass is 10.2. The molecule has 0 aliphatic heterocycles. The van der Waals surface area contributed by atoms with Gasteiger partial charge in [0, 0.05) is 30.6 Å². The van der Waals surface area contributed by atoms with Crippen LogP contribution in [0.15, 0.2) is 18.2 Å². The molecule has 3 N–H and O–H groups in total. The first-order valence-electron chi connectivity index (χ1n) is 7.94. The highest BCUT2D eigenvalue weighted by Crippen LogP contribution is 2.09. The second kappa shape index (κ2) is 8.65. The fraction of sp³-hybridized carbons (Fsp3) is 0.375. The molecule has 0 saturated carbocycles. The molecule has 1 heterocycles. The Labute approximate surface area is 153 Å². The van der Waals surface area contributed by atoms with E-state index in [0.29, 0.717) is 29.6 Å². The molecule has 0 fully saturated rings. The van der Waals surface area contributed by atoms with Crippen LogP contribution in [0.3, 0.4) is 0 Å². The summed E-state index contributed by atoms with van der Waals surface area (Å²) in [4.78, 5) is 23.6. The maximum Gasteiger partial charge on any atom is 0.251 e. The van der Waals surface area contributed by atoms with Crippen molar-refractivity contribution in [2.45, 2.75) is 26.3 Å². The van der Waals surface area contributed by atoms with Crippen LogP contribution in [0.4, 0.5) is 8.78 Å². The lowest BCUT2D eigenvalue weighted by Gasteiger charge is -2.11. The summed E-state index contributed by atoms with van der Waals surface area (Å²) in [6, 6.07) is 2.59. The van der Waals surface area contributed by atoms with Crippen LogP contribution in [0.1, 0.15) is 36.1 Å². The molecule has 10 heteroatoms. The summed E-state index contributed by atoms with van der Waals surface area (Å²) in [5.74, 6) is -2.18. The Morgan fingerprint density at radius 1 is 1.23 bits per heavy atom. The largest absolute Gasteiger partial charge is 0.354 e. The molecule has 7 nitrogen and oxygen atoms in total. The Morgan fingerprint density at radius 2 is 1.88 bits per heavy atom. The van der Waals surface area contributed by atoms with Gasteiger partial charge in [0.05, 0.1) is 6.54 Å². The molecule has 2 aromatic rings. The third-order valence-corrected chi connectivity index (χ3v) is 3.79. The summed E-state index contributed by atoms with van der Waals surface area (Å²) in [6.07, 6.45) is 0.458. The molecular formula is C16H19F2N5O2S. The van der Waals surface area contributed by atoms with Gasteiger partial charge in [0.2, 0.25) is 5.91 Å². The van der Waals surface area contributed by atoms with Gasteiger partial charge in [-0.25, -0.2) is 8.78 Å². The highest BCUT2D eigenvalue weighted by molar-refractivity contribution is 7.71. The molecule has 1 aromatic heterocycles. The Bertz CT molecular complexity index is 842. The molecule has 0 spiro atoms. The predicted octanol–water partition coefficient (Wildman–Crippen LogP) is 1.89. The van der Waals surface area contributed by atoms with E-state index in [-0.39, 0.29) is 18.2 Å². The molecule has 140 valence electrons. The Morgan fingerprint density at radius 3 is 2.50 bits per heavy atom. The first kappa shape index (κ1) is 19.7. The molecule has 0 bridgehead atoms. The number of nitrogens with zero attached hydrogens (tertiary/aromatic N) is 2. The fourth-order valence-corrected chi connectivity index (χ4v) is 2.73. The second-order valence-electron chi connectivity index (χ2n) is 5.85. The van der Waals surface area contributed by atoms with Gasteiger partial charge in [-0.05, 0) is 38.2 Å². The highest BCUT2D eigenvalue weighted by atomic mass is 32.1. The molecule has 0 saturated heterocycles. The number of hydrogen-bond acceptors (Lipinski definition) is 4. The van der Waals surface area contributed by atoms with Crippen LogP contribution >= 0.6 is 12.2 Å². The van der Waals surface area contributed by atoms with Crippen molar-refractivity contribution in [2.75, 3.05) is 13.1 Å². The van der Waals surface area contributed by atoms with Crippen LogP contribution in [-0.2, 0) is 11.2 Å². The molecule has 2 rings (SSSR count). The van der Waals surface area contributed by atoms with E-state index in [1.807, 2.05) is 18.4 Å². The van der Waals surface area contributed by atoms with Crippen molar-refractivity contribution in [1.29, 1.82) is 0 Å². The summed E-state index contributed by atoms with van der Waals surface area (Å²) in [7, 11) is 0. The number of carbonyl (C=O) groups excluding carboxylic acids is 2. The third kappa shape index (κ3) is 5.19. The number of aromatic nitrogens is 3. The minimum absolute atomic E-state index is 0.137. The molecule has 0 aliphatic rings. The molecule has 26 heavy (non-hydrogen) atoms. The minimum atomic E-state index is -0.863. The van der Waals surface area contributed by atoms with Gasteiger partial charge in [0.1, 0.15) is 17.5 Å². The van der Waals surface area contributed by atoms with Crippen molar-refractivity contribution in [3.63, 3.8) is 0 Å². The minimum Gasteiger partial charge on any atom is -0.354 e. The van der Waals surface area contributed by atoms with Gasteiger partial charge in [-0.1, -0.05) is 0 Å². The standard InChI is InChI=1S/C16H19F2N5O2S/c1-9(2)23-13(21-22-16(23)26)3-4-19-14(24)8-20-15(25)10-5-11(17)7-12(18)6-10/h5-7,9H,3-4,8H2,1-2H3,(H,19,24)(H,20,25)(H,22,26). The van der Waals surface area contributed by atoms with Crippen molar-refractivity contribution in [3.8, 4) is 0 Å². The van der Waals surface area contributed by atoms with Crippen molar-refractivity contribution in [2.24, 2.45) is 0 Å². The monoisotopic (exact) mass is 383 g/mol. The Kier molecular flexibility index (Phi) is 6.56. The van der Waals surface area contributed by atoms with Crippen molar-refractivity contribution in [3.05, 3.63) is 46.0 Å². The maximum atomic E-state index is 13.1. The fourth-order valence-electron chi connectivity index (χ4n) is 2.37. The summed E-state index contributed by atoms with van der Waals surface area (Å²) in [5.41, 5.74) is -0.192. The first-order valence-corrected chi connectivity index (χ1v) is 8.35. The summed E-state index contributed by atoms with van der Waals surface area (Å²) in [5, 5.41) is 11.8. The zero-order valence-corrected chi connectivity index (χ0v) is 15.1. The lowest BCUT2D eigenvalue weighted by Crippen LogP contribution is -2.38. The van der Waals surface area contributed by atoms with Crippen LogP contribution in [-0.4, -0.2) is 39.7 Å². The Hall–Kier alpha value is -2.62. The molecule has 2 amide bonds. The topological polar surface area (TPSA) is 91.8 Å². The predicted molar refractivity (Wildman–Crippen MR) is 93.2 cm³/mol. The van der Waals surface area contributed by atoms with E-state index in [1.165, 1.54) is 0 Å². The zero-order chi connectivity index (χ0) is 19.3. The normalized spacial score (nSPS) is 10.8. The van der Waals surface area contributed by atoms with Crippen LogP contribution in [0.25, 0.3) is 0 Å². The second-order valence-corrected chi connectivity index (χ2v) is 6.24. The van der Waals surface area contributed by atoms with Crippen LogP contribution in [0, 0.1) is 16.4 Å². The van der Waals surface area contributed by atoms with E-state index in [9.17, 15) is 18.4 Å². The number of H-pyrrole nitrogens is 1. The smallest absolute Gasteiger partial charge is 0.251 e. The average molecular weight is 383 g/mol. The van der Waals surface area contributed by atoms with Crippen LogP contribution < -0.4 is 10.6 Å². The van der Waals surface area contributed by atoms with E-state index in [2.05, 4.69) is 20.8 Å². The number of amides is 2. The third-order valence-electron chi connectivity index (χ3n) is 3.50. The molecule has 0 atom stereocenters. The number of rotatable bonds is 7. The molecule has 0 unspecified atom stereocenters. The number of halogens is 2. The molecule has 1 aromatic carbocycles. The van der Waals surface area contributed by atoms with Gasteiger partial charge in [0.25, 0.3) is 5.91 Å². The first-order chi connectivity index (χ1) is 12.3. The lowest BCUT2D eigenvalue weighted by molar-refractivity contribution is -0.120. The molecule has 0 radical (unpaired) electrons. The van der Waals surface area contributed by atoms with Gasteiger partial charge < -0.3 is 15.2 Å². The maximum absolute atomic E-state index is 13.1. The van der Waals surface area contributed by atoms with Crippen LogP contribution in [0.2, 0.25) is 0 Å². The summed E-state index contributed by atoms with van der Waals surface area (Å²) in [6.45, 7) is 3.93. The van der Waals surface area contributed by atoms with E-state index < -0.39 is 23.4 Å².